The molecule has 0 unspecified atom stereocenters. The molecular weight excluding hydrogens is 222 g/mol. The number of hydrogen-bond donors (Lipinski definition) is 2. The summed E-state index contributed by atoms with van der Waals surface area (Å²) in [5, 5.41) is 21.9. The van der Waals surface area contributed by atoms with E-state index < -0.39 is 5.97 Å². The van der Waals surface area contributed by atoms with E-state index in [1.54, 1.807) is 12.1 Å². The minimum Gasteiger partial charge on any atom is -0.508 e. The Morgan fingerprint density at radius 2 is 1.82 bits per heavy atom. The highest BCUT2D eigenvalue weighted by Crippen LogP contribution is 2.30. The number of carboxylic acids is 1. The summed E-state index contributed by atoms with van der Waals surface area (Å²) in [7, 11) is 0. The molecule has 2 aromatic rings. The van der Waals surface area contributed by atoms with Crippen LogP contribution in [0.3, 0.4) is 0 Å². The van der Waals surface area contributed by atoms with Crippen LogP contribution in [0.25, 0.3) is 11.3 Å². The number of aromatic nitrogens is 1. The standard InChI is InChI=1S/C12H11NO4/c1-6-3-8(14)4-7(2)11(6)9-5-10(12(15)16)17-13-9/h3-5,14H,1-2H3,(H,15,16). The Hall–Kier alpha value is -2.30. The number of carbonyl (C=O) groups is 1. The maximum absolute atomic E-state index is 10.7. The van der Waals surface area contributed by atoms with Crippen LogP contribution >= 0.6 is 0 Å². The lowest BCUT2D eigenvalue weighted by molar-refractivity contribution is 0.0652. The molecule has 0 spiro atoms. The number of rotatable bonds is 2. The van der Waals surface area contributed by atoms with E-state index in [0.29, 0.717) is 5.69 Å². The Morgan fingerprint density at radius 3 is 2.29 bits per heavy atom. The van der Waals surface area contributed by atoms with E-state index in [2.05, 4.69) is 5.16 Å². The Labute approximate surface area is 97.3 Å². The van der Waals surface area contributed by atoms with Gasteiger partial charge in [0.15, 0.2) is 0 Å². The molecule has 0 amide bonds. The van der Waals surface area contributed by atoms with Crippen LogP contribution in [0.15, 0.2) is 22.7 Å². The van der Waals surface area contributed by atoms with Gasteiger partial charge < -0.3 is 14.7 Å². The van der Waals surface area contributed by atoms with E-state index in [-0.39, 0.29) is 11.5 Å². The molecule has 2 N–H and O–H groups in total. The normalized spacial score (nSPS) is 10.5. The van der Waals surface area contributed by atoms with E-state index in [0.717, 1.165) is 16.7 Å². The molecule has 2 rings (SSSR count). The lowest BCUT2D eigenvalue weighted by Gasteiger charge is -2.06. The smallest absolute Gasteiger partial charge is 0.374 e. The zero-order valence-corrected chi connectivity index (χ0v) is 9.39. The van der Waals surface area contributed by atoms with Crippen molar-refractivity contribution in [3.63, 3.8) is 0 Å². The number of phenols is 1. The summed E-state index contributed by atoms with van der Waals surface area (Å²) in [6.45, 7) is 3.63. The second kappa shape index (κ2) is 3.93. The lowest BCUT2D eigenvalue weighted by atomic mass is 9.99. The summed E-state index contributed by atoms with van der Waals surface area (Å²) in [5.74, 6) is -1.18. The van der Waals surface area contributed by atoms with Crippen LogP contribution in [0.2, 0.25) is 0 Å². The van der Waals surface area contributed by atoms with Gasteiger partial charge >= 0.3 is 5.97 Å². The Bertz CT molecular complexity index is 563. The first kappa shape index (κ1) is 11.2. The summed E-state index contributed by atoms with van der Waals surface area (Å²) < 4.78 is 4.71. The van der Waals surface area contributed by atoms with Gasteiger partial charge in [-0.25, -0.2) is 4.79 Å². The third kappa shape index (κ3) is 1.99. The lowest BCUT2D eigenvalue weighted by Crippen LogP contribution is -1.92. The van der Waals surface area contributed by atoms with Crippen LogP contribution in [0, 0.1) is 13.8 Å². The number of aryl methyl sites for hydroxylation is 2. The maximum Gasteiger partial charge on any atom is 0.374 e. The second-order valence-electron chi connectivity index (χ2n) is 3.84. The first-order valence-corrected chi connectivity index (χ1v) is 4.99. The van der Waals surface area contributed by atoms with Crippen molar-refractivity contribution in [3.05, 3.63) is 35.1 Å². The summed E-state index contributed by atoms with van der Waals surface area (Å²) >= 11 is 0. The van der Waals surface area contributed by atoms with Crippen LogP contribution < -0.4 is 0 Å². The number of phenolic OH excluding ortho intramolecular Hbond substituents is 1. The first-order valence-electron chi connectivity index (χ1n) is 4.99. The molecule has 1 heterocycles. The van der Waals surface area contributed by atoms with Crippen molar-refractivity contribution in [2.45, 2.75) is 13.8 Å². The Morgan fingerprint density at radius 1 is 1.24 bits per heavy atom. The minimum absolute atomic E-state index is 0.172. The number of carboxylic acid groups (broad SMARTS) is 1. The molecule has 0 saturated carbocycles. The number of benzene rings is 1. The van der Waals surface area contributed by atoms with Gasteiger partial charge in [0, 0.05) is 11.6 Å². The zero-order valence-electron chi connectivity index (χ0n) is 9.39. The third-order valence-corrected chi connectivity index (χ3v) is 2.49. The van der Waals surface area contributed by atoms with Crippen LogP contribution in [-0.2, 0) is 0 Å². The van der Waals surface area contributed by atoms with Crippen LogP contribution in [0.5, 0.6) is 5.75 Å². The molecular formula is C12H11NO4. The quantitative estimate of drug-likeness (QED) is 0.831. The molecule has 0 saturated heterocycles. The van der Waals surface area contributed by atoms with E-state index in [4.69, 9.17) is 9.63 Å². The molecule has 1 aromatic heterocycles. The van der Waals surface area contributed by atoms with Gasteiger partial charge in [-0.05, 0) is 37.1 Å². The van der Waals surface area contributed by atoms with Crippen molar-refractivity contribution in [2.75, 3.05) is 0 Å². The highest BCUT2D eigenvalue weighted by molar-refractivity contribution is 5.86. The average molecular weight is 233 g/mol. The van der Waals surface area contributed by atoms with E-state index in [1.165, 1.54) is 6.07 Å². The fraction of sp³-hybridized carbons (Fsp3) is 0.167. The van der Waals surface area contributed by atoms with E-state index in [9.17, 15) is 9.90 Å². The zero-order chi connectivity index (χ0) is 12.6. The van der Waals surface area contributed by atoms with E-state index in [1.807, 2.05) is 13.8 Å². The summed E-state index contributed by atoms with van der Waals surface area (Å²) in [6.07, 6.45) is 0. The number of hydrogen-bond acceptors (Lipinski definition) is 4. The molecule has 0 atom stereocenters. The molecule has 5 heteroatoms. The fourth-order valence-corrected chi connectivity index (χ4v) is 1.84. The van der Waals surface area contributed by atoms with Crippen molar-refractivity contribution in [3.8, 4) is 17.0 Å². The highest BCUT2D eigenvalue weighted by Gasteiger charge is 2.15. The highest BCUT2D eigenvalue weighted by atomic mass is 16.5. The molecule has 0 aliphatic carbocycles. The van der Waals surface area contributed by atoms with Crippen molar-refractivity contribution in [1.29, 1.82) is 0 Å². The summed E-state index contributed by atoms with van der Waals surface area (Å²) in [6, 6.07) is 4.56. The molecule has 0 aliphatic heterocycles. The Kier molecular flexibility index (Phi) is 2.59. The first-order chi connectivity index (χ1) is 7.99. The topological polar surface area (TPSA) is 83.6 Å². The summed E-state index contributed by atoms with van der Waals surface area (Å²) in [4.78, 5) is 10.7. The fourth-order valence-electron chi connectivity index (χ4n) is 1.84. The predicted molar refractivity (Wildman–Crippen MR) is 60.0 cm³/mol. The van der Waals surface area contributed by atoms with Crippen molar-refractivity contribution in [2.24, 2.45) is 0 Å². The molecule has 0 aliphatic rings. The third-order valence-electron chi connectivity index (χ3n) is 2.49. The largest absolute Gasteiger partial charge is 0.508 e. The molecule has 0 radical (unpaired) electrons. The van der Waals surface area contributed by atoms with Crippen LogP contribution in [0.1, 0.15) is 21.7 Å². The number of nitrogens with zero attached hydrogens (tertiary/aromatic N) is 1. The van der Waals surface area contributed by atoms with Crippen molar-refractivity contribution < 1.29 is 19.5 Å². The second-order valence-corrected chi connectivity index (χ2v) is 3.84. The van der Waals surface area contributed by atoms with Crippen molar-refractivity contribution in [1.82, 2.24) is 5.16 Å². The molecule has 0 bridgehead atoms. The maximum atomic E-state index is 10.7. The van der Waals surface area contributed by atoms with Gasteiger partial charge in [-0.15, -0.1) is 0 Å². The van der Waals surface area contributed by atoms with Gasteiger partial charge in [0.2, 0.25) is 5.76 Å². The van der Waals surface area contributed by atoms with Crippen LogP contribution in [0.4, 0.5) is 0 Å². The number of aromatic hydroxyl groups is 1. The van der Waals surface area contributed by atoms with Gasteiger partial charge in [-0.2, -0.15) is 0 Å². The van der Waals surface area contributed by atoms with Gasteiger partial charge in [-0.3, -0.25) is 0 Å². The summed E-state index contributed by atoms with van der Waals surface area (Å²) in [5.41, 5.74) is 2.86. The van der Waals surface area contributed by atoms with Crippen molar-refractivity contribution >= 4 is 5.97 Å². The predicted octanol–water partition coefficient (Wildman–Crippen LogP) is 2.36. The van der Waals surface area contributed by atoms with Gasteiger partial charge in [0.25, 0.3) is 0 Å². The van der Waals surface area contributed by atoms with E-state index >= 15 is 0 Å². The molecule has 0 fully saturated rings. The Balaban J connectivity index is 2.56. The van der Waals surface area contributed by atoms with Crippen LogP contribution in [-0.4, -0.2) is 21.3 Å². The van der Waals surface area contributed by atoms with Gasteiger partial charge in [0.1, 0.15) is 11.4 Å². The average Bonchev–Trinajstić information content (AvgIpc) is 2.65. The molecule has 1 aromatic carbocycles. The van der Waals surface area contributed by atoms with Gasteiger partial charge in [0.05, 0.1) is 0 Å². The number of aromatic carboxylic acids is 1. The molecule has 88 valence electrons. The SMILES string of the molecule is Cc1cc(O)cc(C)c1-c1cc(C(=O)O)on1. The molecule has 5 nitrogen and oxygen atoms in total. The molecule has 17 heavy (non-hydrogen) atoms. The monoisotopic (exact) mass is 233 g/mol. The minimum atomic E-state index is -1.15. The van der Waals surface area contributed by atoms with Gasteiger partial charge in [-0.1, -0.05) is 5.16 Å².